The minimum atomic E-state index is -1.27. The largest absolute Gasteiger partial charge is 0.530 e. The number of pyridine rings is 1. The molecular formula is C10H11Br2N2O2-. The van der Waals surface area contributed by atoms with Crippen molar-refractivity contribution in [2.24, 2.45) is 0 Å². The lowest BCUT2D eigenvalue weighted by Crippen LogP contribution is -2.52. The third-order valence-electron chi connectivity index (χ3n) is 1.85. The standard InChI is InChI=1S/C10H12Br2N2O2/c1-10(2,3)14(9(15)16)8-7(12)4-6(11)5-13-8/h4-5H,1-3H3,(H,15,16)/p-1. The van der Waals surface area contributed by atoms with Crippen LogP contribution < -0.4 is 10.0 Å². The zero-order chi connectivity index (χ0) is 12.5. The molecule has 0 spiro atoms. The van der Waals surface area contributed by atoms with E-state index in [2.05, 4.69) is 36.8 Å². The topological polar surface area (TPSA) is 56.3 Å². The lowest BCUT2D eigenvalue weighted by molar-refractivity contribution is -0.247. The molecule has 0 aliphatic heterocycles. The van der Waals surface area contributed by atoms with Crippen molar-refractivity contribution in [2.45, 2.75) is 26.3 Å². The van der Waals surface area contributed by atoms with Crippen LogP contribution in [0.25, 0.3) is 0 Å². The summed E-state index contributed by atoms with van der Waals surface area (Å²) < 4.78 is 1.37. The molecule has 0 radical (unpaired) electrons. The minimum Gasteiger partial charge on any atom is -0.530 e. The van der Waals surface area contributed by atoms with E-state index in [1.165, 1.54) is 0 Å². The molecule has 0 saturated carbocycles. The fourth-order valence-electron chi connectivity index (χ4n) is 1.25. The van der Waals surface area contributed by atoms with Gasteiger partial charge in [0.25, 0.3) is 0 Å². The lowest BCUT2D eigenvalue weighted by atomic mass is 10.1. The molecule has 0 aromatic carbocycles. The first-order valence-electron chi connectivity index (χ1n) is 4.55. The fraction of sp³-hybridized carbons (Fsp3) is 0.400. The maximum absolute atomic E-state index is 11.1. The smallest absolute Gasteiger partial charge is 0.148 e. The van der Waals surface area contributed by atoms with Crippen LogP contribution in [0.2, 0.25) is 0 Å². The van der Waals surface area contributed by atoms with Gasteiger partial charge in [0.15, 0.2) is 0 Å². The van der Waals surface area contributed by atoms with E-state index in [0.717, 1.165) is 9.37 Å². The summed E-state index contributed by atoms with van der Waals surface area (Å²) in [5, 5.41) is 11.1. The summed E-state index contributed by atoms with van der Waals surface area (Å²) in [7, 11) is 0. The maximum atomic E-state index is 11.1. The molecule has 6 heteroatoms. The minimum absolute atomic E-state index is 0.329. The third-order valence-corrected chi connectivity index (χ3v) is 2.87. The van der Waals surface area contributed by atoms with Gasteiger partial charge in [-0.2, -0.15) is 0 Å². The molecule has 1 aromatic rings. The Bertz CT molecular complexity index is 416. The van der Waals surface area contributed by atoms with E-state index < -0.39 is 11.6 Å². The average molecular weight is 351 g/mol. The van der Waals surface area contributed by atoms with Crippen LogP contribution in [0, 0.1) is 0 Å². The quantitative estimate of drug-likeness (QED) is 0.782. The Morgan fingerprint density at radius 2 is 2.00 bits per heavy atom. The highest BCUT2D eigenvalue weighted by atomic mass is 79.9. The maximum Gasteiger partial charge on any atom is 0.148 e. The molecule has 1 amide bonds. The zero-order valence-corrected chi connectivity index (χ0v) is 12.3. The number of amides is 1. The molecule has 1 aromatic heterocycles. The number of carboxylic acid groups (broad SMARTS) is 1. The highest BCUT2D eigenvalue weighted by molar-refractivity contribution is 9.11. The lowest BCUT2D eigenvalue weighted by Gasteiger charge is -2.37. The van der Waals surface area contributed by atoms with E-state index in [4.69, 9.17) is 0 Å². The van der Waals surface area contributed by atoms with Crippen LogP contribution in [0.4, 0.5) is 10.6 Å². The molecule has 0 atom stereocenters. The highest BCUT2D eigenvalue weighted by Crippen LogP contribution is 2.30. The van der Waals surface area contributed by atoms with Crippen LogP contribution in [0.5, 0.6) is 0 Å². The molecule has 1 rings (SSSR count). The van der Waals surface area contributed by atoms with Crippen molar-refractivity contribution >= 4 is 43.8 Å². The van der Waals surface area contributed by atoms with Crippen LogP contribution in [0.3, 0.4) is 0 Å². The molecule has 4 nitrogen and oxygen atoms in total. The number of anilines is 1. The van der Waals surface area contributed by atoms with Gasteiger partial charge in [0, 0.05) is 16.2 Å². The van der Waals surface area contributed by atoms with E-state index in [9.17, 15) is 9.90 Å². The van der Waals surface area contributed by atoms with E-state index in [0.29, 0.717) is 10.3 Å². The Morgan fingerprint density at radius 3 is 2.38 bits per heavy atom. The Labute approximate surface area is 111 Å². The Morgan fingerprint density at radius 1 is 1.44 bits per heavy atom. The van der Waals surface area contributed by atoms with Gasteiger partial charge in [-0.1, -0.05) is 0 Å². The number of rotatable bonds is 1. The summed E-state index contributed by atoms with van der Waals surface area (Å²) >= 11 is 6.54. The van der Waals surface area contributed by atoms with Gasteiger partial charge in [-0.15, -0.1) is 0 Å². The van der Waals surface area contributed by atoms with Crippen molar-refractivity contribution in [3.05, 3.63) is 21.2 Å². The van der Waals surface area contributed by atoms with Crippen LogP contribution in [0.1, 0.15) is 20.8 Å². The monoisotopic (exact) mass is 349 g/mol. The molecule has 0 bridgehead atoms. The number of hydrogen-bond donors (Lipinski definition) is 0. The van der Waals surface area contributed by atoms with Gasteiger partial charge >= 0.3 is 0 Å². The zero-order valence-electron chi connectivity index (χ0n) is 9.12. The molecule has 0 aliphatic carbocycles. The van der Waals surface area contributed by atoms with Gasteiger partial charge in [-0.05, 0) is 58.7 Å². The molecule has 0 aliphatic rings. The molecule has 1 heterocycles. The predicted octanol–water partition coefficient (Wildman–Crippen LogP) is 2.55. The van der Waals surface area contributed by atoms with Crippen molar-refractivity contribution in [1.82, 2.24) is 4.98 Å². The van der Waals surface area contributed by atoms with Crippen molar-refractivity contribution in [3.8, 4) is 0 Å². The van der Waals surface area contributed by atoms with E-state index in [1.54, 1.807) is 33.0 Å². The second-order valence-corrected chi connectivity index (χ2v) is 6.00. The third kappa shape index (κ3) is 2.95. The first-order valence-corrected chi connectivity index (χ1v) is 6.14. The normalized spacial score (nSPS) is 11.3. The van der Waals surface area contributed by atoms with Gasteiger partial charge in [0.05, 0.1) is 4.47 Å². The van der Waals surface area contributed by atoms with Crippen molar-refractivity contribution < 1.29 is 9.90 Å². The highest BCUT2D eigenvalue weighted by Gasteiger charge is 2.25. The first kappa shape index (κ1) is 13.4. The Kier molecular flexibility index (Phi) is 3.96. The summed E-state index contributed by atoms with van der Waals surface area (Å²) in [6, 6.07) is 1.74. The second kappa shape index (κ2) is 4.71. The first-order chi connectivity index (χ1) is 7.23. The SMILES string of the molecule is CC(C)(C)N(C(=O)[O-])c1ncc(Br)cc1Br. The molecule has 0 saturated heterocycles. The van der Waals surface area contributed by atoms with Crippen LogP contribution in [-0.2, 0) is 0 Å². The van der Waals surface area contributed by atoms with Crippen LogP contribution >= 0.6 is 31.9 Å². The van der Waals surface area contributed by atoms with E-state index >= 15 is 0 Å². The Hall–Kier alpha value is -0.620. The van der Waals surface area contributed by atoms with E-state index in [1.807, 2.05) is 0 Å². The van der Waals surface area contributed by atoms with Crippen LogP contribution in [-0.4, -0.2) is 16.6 Å². The summed E-state index contributed by atoms with van der Waals surface area (Å²) in [4.78, 5) is 16.3. The number of hydrogen-bond acceptors (Lipinski definition) is 3. The van der Waals surface area contributed by atoms with Gasteiger partial charge in [-0.3, -0.25) is 0 Å². The second-order valence-electron chi connectivity index (χ2n) is 4.23. The Balaban J connectivity index is 3.28. The molecule has 0 N–H and O–H groups in total. The number of aromatic nitrogens is 1. The molecule has 16 heavy (non-hydrogen) atoms. The van der Waals surface area contributed by atoms with Crippen molar-refractivity contribution in [2.75, 3.05) is 4.90 Å². The van der Waals surface area contributed by atoms with Crippen molar-refractivity contribution in [3.63, 3.8) is 0 Å². The summed E-state index contributed by atoms with van der Waals surface area (Å²) in [5.74, 6) is 0.329. The summed E-state index contributed by atoms with van der Waals surface area (Å²) in [6.45, 7) is 5.33. The number of nitrogens with zero attached hydrogens (tertiary/aromatic N) is 2. The fourth-order valence-corrected chi connectivity index (χ4v) is 2.41. The van der Waals surface area contributed by atoms with Gasteiger partial charge in [0.2, 0.25) is 0 Å². The van der Waals surface area contributed by atoms with E-state index in [-0.39, 0.29) is 0 Å². The van der Waals surface area contributed by atoms with Crippen LogP contribution in [0.15, 0.2) is 21.2 Å². The van der Waals surface area contributed by atoms with Crippen molar-refractivity contribution in [1.29, 1.82) is 0 Å². The molecule has 0 fully saturated rings. The predicted molar refractivity (Wildman–Crippen MR) is 67.3 cm³/mol. The molecule has 0 unspecified atom stereocenters. The van der Waals surface area contributed by atoms with Gasteiger partial charge < -0.3 is 14.8 Å². The van der Waals surface area contributed by atoms with Gasteiger partial charge in [0.1, 0.15) is 11.9 Å². The number of halogens is 2. The summed E-state index contributed by atoms with van der Waals surface area (Å²) in [5.41, 5.74) is -0.609. The molecule has 88 valence electrons. The number of carbonyl (C=O) groups excluding carboxylic acids is 1. The van der Waals surface area contributed by atoms with Gasteiger partial charge in [-0.25, -0.2) is 4.98 Å². The number of carbonyl (C=O) groups is 1. The summed E-state index contributed by atoms with van der Waals surface area (Å²) in [6.07, 6.45) is 0.268. The molecular weight excluding hydrogens is 340 g/mol. The average Bonchev–Trinajstić information content (AvgIpc) is 2.06.